The van der Waals surface area contributed by atoms with Crippen molar-refractivity contribution in [1.82, 2.24) is 5.32 Å². The molecule has 0 fully saturated rings. The molecule has 1 aromatic rings. The molecule has 0 aliphatic heterocycles. The second-order valence-electron chi connectivity index (χ2n) is 4.42. The van der Waals surface area contributed by atoms with Crippen LogP contribution in [0, 0.1) is 13.8 Å². The minimum atomic E-state index is -0.680. The fourth-order valence-corrected chi connectivity index (χ4v) is 1.68. The fourth-order valence-electron chi connectivity index (χ4n) is 1.68. The van der Waals surface area contributed by atoms with E-state index in [9.17, 15) is 9.59 Å². The maximum atomic E-state index is 11.6. The lowest BCUT2D eigenvalue weighted by Crippen LogP contribution is -2.41. The number of carbonyl (C=O) groups is 2. The Balaban J connectivity index is 2.48. The second kappa shape index (κ2) is 6.78. The second-order valence-corrected chi connectivity index (χ2v) is 4.42. The molecule has 5 nitrogen and oxygen atoms in total. The number of esters is 1. The van der Waals surface area contributed by atoms with Gasteiger partial charge in [0.15, 0.2) is 6.61 Å². The van der Waals surface area contributed by atoms with Crippen molar-refractivity contribution in [2.75, 3.05) is 13.7 Å². The Morgan fingerprint density at radius 3 is 2.32 bits per heavy atom. The van der Waals surface area contributed by atoms with Gasteiger partial charge in [-0.05, 0) is 44.0 Å². The number of nitrogens with one attached hydrogen (secondary N) is 1. The van der Waals surface area contributed by atoms with Crippen LogP contribution in [0.1, 0.15) is 18.1 Å². The highest BCUT2D eigenvalue weighted by Crippen LogP contribution is 2.15. The number of hydrogen-bond acceptors (Lipinski definition) is 4. The summed E-state index contributed by atoms with van der Waals surface area (Å²) < 4.78 is 9.89. The van der Waals surface area contributed by atoms with Gasteiger partial charge >= 0.3 is 5.97 Å². The lowest BCUT2D eigenvalue weighted by Gasteiger charge is -2.12. The summed E-state index contributed by atoms with van der Waals surface area (Å²) >= 11 is 0. The van der Waals surface area contributed by atoms with Gasteiger partial charge in [-0.15, -0.1) is 0 Å². The lowest BCUT2D eigenvalue weighted by atomic mass is 10.1. The summed E-state index contributed by atoms with van der Waals surface area (Å²) in [6, 6.07) is 5.04. The summed E-state index contributed by atoms with van der Waals surface area (Å²) in [7, 11) is 1.27. The van der Waals surface area contributed by atoms with E-state index in [1.165, 1.54) is 7.11 Å². The van der Waals surface area contributed by atoms with Gasteiger partial charge < -0.3 is 14.8 Å². The molecule has 1 amide bonds. The van der Waals surface area contributed by atoms with E-state index in [0.29, 0.717) is 5.75 Å². The van der Waals surface area contributed by atoms with Crippen molar-refractivity contribution >= 4 is 11.9 Å². The van der Waals surface area contributed by atoms with E-state index in [-0.39, 0.29) is 12.5 Å². The van der Waals surface area contributed by atoms with Crippen molar-refractivity contribution in [3.05, 3.63) is 29.3 Å². The molecule has 5 heteroatoms. The van der Waals surface area contributed by atoms with Gasteiger partial charge in [-0.1, -0.05) is 6.07 Å². The fraction of sp³-hybridized carbons (Fsp3) is 0.429. The Morgan fingerprint density at radius 1 is 1.21 bits per heavy atom. The Labute approximate surface area is 112 Å². The Bertz CT molecular complexity index is 450. The summed E-state index contributed by atoms with van der Waals surface area (Å²) in [6.45, 7) is 5.34. The van der Waals surface area contributed by atoms with Gasteiger partial charge in [0.25, 0.3) is 5.91 Å². The summed E-state index contributed by atoms with van der Waals surface area (Å²) in [6.07, 6.45) is 0. The van der Waals surface area contributed by atoms with Crippen molar-refractivity contribution in [3.63, 3.8) is 0 Å². The van der Waals surface area contributed by atoms with E-state index < -0.39 is 12.0 Å². The van der Waals surface area contributed by atoms with Gasteiger partial charge in [0, 0.05) is 0 Å². The summed E-state index contributed by atoms with van der Waals surface area (Å²) in [5.41, 5.74) is 2.14. The first-order chi connectivity index (χ1) is 8.92. The van der Waals surface area contributed by atoms with Crippen LogP contribution in [-0.4, -0.2) is 31.6 Å². The molecular formula is C14H19NO4. The van der Waals surface area contributed by atoms with Crippen LogP contribution in [0.5, 0.6) is 5.75 Å². The van der Waals surface area contributed by atoms with E-state index in [4.69, 9.17) is 4.74 Å². The molecule has 0 aliphatic rings. The number of ether oxygens (including phenoxy) is 2. The number of aryl methyl sites for hydroxylation is 2. The monoisotopic (exact) mass is 265 g/mol. The summed E-state index contributed by atoms with van der Waals surface area (Å²) in [5, 5.41) is 2.49. The first kappa shape index (κ1) is 15.0. The highest BCUT2D eigenvalue weighted by Gasteiger charge is 2.15. The van der Waals surface area contributed by atoms with Gasteiger partial charge in [-0.2, -0.15) is 0 Å². The van der Waals surface area contributed by atoms with Gasteiger partial charge in [0.2, 0.25) is 0 Å². The van der Waals surface area contributed by atoms with Gasteiger partial charge in [0.1, 0.15) is 11.8 Å². The number of amides is 1. The highest BCUT2D eigenvalue weighted by atomic mass is 16.5. The lowest BCUT2D eigenvalue weighted by molar-refractivity contribution is -0.144. The molecule has 0 saturated carbocycles. The third kappa shape index (κ3) is 4.99. The van der Waals surface area contributed by atoms with Crippen molar-refractivity contribution < 1.29 is 19.1 Å². The standard InChI is InChI=1S/C14H19NO4/c1-9-5-10(2)7-12(6-9)19-8-13(16)15-11(3)14(17)18-4/h5-7,11H,8H2,1-4H3,(H,15,16). The van der Waals surface area contributed by atoms with Crippen molar-refractivity contribution in [3.8, 4) is 5.75 Å². The molecule has 0 bridgehead atoms. The van der Waals surface area contributed by atoms with Crippen molar-refractivity contribution in [2.24, 2.45) is 0 Å². The zero-order chi connectivity index (χ0) is 14.4. The molecule has 0 spiro atoms. The molecule has 1 aromatic carbocycles. The largest absolute Gasteiger partial charge is 0.484 e. The van der Waals surface area contributed by atoms with Crippen LogP contribution < -0.4 is 10.1 Å². The molecule has 1 atom stereocenters. The Kier molecular flexibility index (Phi) is 5.36. The molecule has 0 aliphatic carbocycles. The first-order valence-electron chi connectivity index (χ1n) is 6.00. The van der Waals surface area contributed by atoms with E-state index in [1.54, 1.807) is 6.92 Å². The molecule has 104 valence electrons. The van der Waals surface area contributed by atoms with Crippen LogP contribution >= 0.6 is 0 Å². The van der Waals surface area contributed by atoms with Crippen LogP contribution in [0.15, 0.2) is 18.2 Å². The molecule has 1 unspecified atom stereocenters. The molecule has 1 N–H and O–H groups in total. The zero-order valence-electron chi connectivity index (χ0n) is 11.6. The number of methoxy groups -OCH3 is 1. The average molecular weight is 265 g/mol. The molecule has 0 saturated heterocycles. The van der Waals surface area contributed by atoms with E-state index >= 15 is 0 Å². The molecule has 0 radical (unpaired) electrons. The minimum absolute atomic E-state index is 0.135. The van der Waals surface area contributed by atoms with Crippen LogP contribution in [-0.2, 0) is 14.3 Å². The summed E-state index contributed by atoms with van der Waals surface area (Å²) in [4.78, 5) is 22.7. The Morgan fingerprint density at radius 2 is 1.79 bits per heavy atom. The molecule has 0 heterocycles. The van der Waals surface area contributed by atoms with Crippen LogP contribution in [0.4, 0.5) is 0 Å². The maximum absolute atomic E-state index is 11.6. The SMILES string of the molecule is COC(=O)C(C)NC(=O)COc1cc(C)cc(C)c1. The normalized spacial score (nSPS) is 11.6. The molecule has 0 aromatic heterocycles. The number of hydrogen-bond donors (Lipinski definition) is 1. The predicted octanol–water partition coefficient (Wildman–Crippen LogP) is 1.36. The maximum Gasteiger partial charge on any atom is 0.328 e. The number of benzene rings is 1. The quantitative estimate of drug-likeness (QED) is 0.816. The third-order valence-electron chi connectivity index (χ3n) is 2.50. The summed E-state index contributed by atoms with van der Waals surface area (Å²) in [5.74, 6) is -0.213. The molecule has 19 heavy (non-hydrogen) atoms. The van der Waals surface area contributed by atoms with E-state index in [0.717, 1.165) is 11.1 Å². The third-order valence-corrected chi connectivity index (χ3v) is 2.50. The van der Waals surface area contributed by atoms with Gasteiger partial charge in [-0.25, -0.2) is 4.79 Å². The Hall–Kier alpha value is -2.04. The minimum Gasteiger partial charge on any atom is -0.484 e. The van der Waals surface area contributed by atoms with Crippen LogP contribution in [0.25, 0.3) is 0 Å². The topological polar surface area (TPSA) is 64.6 Å². The zero-order valence-corrected chi connectivity index (χ0v) is 11.6. The van der Waals surface area contributed by atoms with Gasteiger partial charge in [0.05, 0.1) is 7.11 Å². The van der Waals surface area contributed by atoms with Crippen molar-refractivity contribution in [1.29, 1.82) is 0 Å². The van der Waals surface area contributed by atoms with Crippen LogP contribution in [0.3, 0.4) is 0 Å². The average Bonchev–Trinajstić information content (AvgIpc) is 2.34. The number of rotatable bonds is 5. The highest BCUT2D eigenvalue weighted by molar-refractivity contribution is 5.84. The molecule has 1 rings (SSSR count). The first-order valence-corrected chi connectivity index (χ1v) is 6.00. The number of carbonyl (C=O) groups excluding carboxylic acids is 2. The van der Waals surface area contributed by atoms with Crippen molar-refractivity contribution in [2.45, 2.75) is 26.8 Å². The van der Waals surface area contributed by atoms with Crippen LogP contribution in [0.2, 0.25) is 0 Å². The predicted molar refractivity (Wildman–Crippen MR) is 71.0 cm³/mol. The van der Waals surface area contributed by atoms with E-state index in [1.807, 2.05) is 32.0 Å². The van der Waals surface area contributed by atoms with E-state index in [2.05, 4.69) is 10.1 Å². The molecular weight excluding hydrogens is 246 g/mol. The van der Waals surface area contributed by atoms with Gasteiger partial charge in [-0.3, -0.25) is 4.79 Å². The smallest absolute Gasteiger partial charge is 0.328 e.